The Balaban J connectivity index is 1.36. The molecule has 170 valence electrons. The second-order valence-electron chi connectivity index (χ2n) is 8.52. The fraction of sp³-hybridized carbons (Fsp3) is 0.476. The van der Waals surface area contributed by atoms with Crippen molar-refractivity contribution >= 4 is 51.4 Å². The highest BCUT2D eigenvalue weighted by Crippen LogP contribution is 2.34. The summed E-state index contributed by atoms with van der Waals surface area (Å²) in [5, 5.41) is 19.6. The number of anilines is 3. The van der Waals surface area contributed by atoms with Crippen LogP contribution < -0.4 is 10.2 Å². The number of halogens is 2. The van der Waals surface area contributed by atoms with Crippen LogP contribution in [-0.4, -0.2) is 80.8 Å². The lowest BCUT2D eigenvalue weighted by molar-refractivity contribution is 0.00884. The van der Waals surface area contributed by atoms with Crippen molar-refractivity contribution in [3.63, 3.8) is 0 Å². The minimum absolute atomic E-state index is 0.333. The molecule has 5 rings (SSSR count). The topological polar surface area (TPSA) is 91.6 Å². The van der Waals surface area contributed by atoms with E-state index in [0.29, 0.717) is 35.0 Å². The van der Waals surface area contributed by atoms with E-state index >= 15 is 0 Å². The Labute approximate surface area is 195 Å². The van der Waals surface area contributed by atoms with Crippen molar-refractivity contribution in [1.82, 2.24) is 24.6 Å². The molecule has 1 aromatic carbocycles. The molecule has 9 nitrogen and oxygen atoms in total. The molecule has 4 heterocycles. The highest BCUT2D eigenvalue weighted by atomic mass is 35.5. The van der Waals surface area contributed by atoms with Crippen LogP contribution in [0.2, 0.25) is 10.2 Å². The van der Waals surface area contributed by atoms with Gasteiger partial charge in [0, 0.05) is 44.8 Å². The van der Waals surface area contributed by atoms with Crippen molar-refractivity contribution in [2.24, 2.45) is 7.05 Å². The maximum absolute atomic E-state index is 10.4. The third-order valence-corrected chi connectivity index (χ3v) is 7.24. The summed E-state index contributed by atoms with van der Waals surface area (Å²) >= 11 is 12.9. The first-order chi connectivity index (χ1) is 15.3. The summed E-state index contributed by atoms with van der Waals surface area (Å²) in [5.41, 5.74) is 2.04. The minimum atomic E-state index is -0.464. The summed E-state index contributed by atoms with van der Waals surface area (Å²) in [5.74, 6) is 0.439. The van der Waals surface area contributed by atoms with Gasteiger partial charge in [0.2, 0.25) is 5.95 Å². The van der Waals surface area contributed by atoms with E-state index in [1.807, 2.05) is 12.1 Å². The molecule has 3 aromatic rings. The van der Waals surface area contributed by atoms with Crippen molar-refractivity contribution in [2.45, 2.75) is 18.6 Å². The SMILES string of the molecule is Cn1ncc(Nc2ncc3cc(Cl)c(N4CCN(C5(C)COCC5O)CC4)cc3n2)c1Cl. The molecule has 2 N–H and O–H groups in total. The summed E-state index contributed by atoms with van der Waals surface area (Å²) < 4.78 is 7.08. The fourth-order valence-electron chi connectivity index (χ4n) is 4.38. The van der Waals surface area contributed by atoms with Gasteiger partial charge in [-0.1, -0.05) is 23.2 Å². The maximum atomic E-state index is 10.4. The van der Waals surface area contributed by atoms with Crippen LogP contribution in [0, 0.1) is 0 Å². The van der Waals surface area contributed by atoms with Gasteiger partial charge in [-0.2, -0.15) is 5.10 Å². The van der Waals surface area contributed by atoms with Gasteiger partial charge in [-0.3, -0.25) is 9.58 Å². The van der Waals surface area contributed by atoms with Crippen LogP contribution in [0.1, 0.15) is 6.92 Å². The second kappa shape index (κ2) is 8.31. The molecule has 0 bridgehead atoms. The molecule has 0 aliphatic carbocycles. The summed E-state index contributed by atoms with van der Waals surface area (Å²) in [7, 11) is 1.77. The quantitative estimate of drug-likeness (QED) is 0.592. The Morgan fingerprint density at radius 1 is 1.19 bits per heavy atom. The van der Waals surface area contributed by atoms with Gasteiger partial charge in [0.05, 0.1) is 53.0 Å². The van der Waals surface area contributed by atoms with Crippen LogP contribution >= 0.6 is 23.2 Å². The first kappa shape index (κ1) is 21.7. The third kappa shape index (κ3) is 3.78. The van der Waals surface area contributed by atoms with E-state index < -0.39 is 6.10 Å². The van der Waals surface area contributed by atoms with Crippen molar-refractivity contribution in [3.8, 4) is 0 Å². The number of nitrogens with zero attached hydrogens (tertiary/aromatic N) is 6. The van der Waals surface area contributed by atoms with Gasteiger partial charge in [0.25, 0.3) is 0 Å². The Morgan fingerprint density at radius 2 is 1.97 bits per heavy atom. The van der Waals surface area contributed by atoms with Crippen molar-refractivity contribution in [2.75, 3.05) is 49.6 Å². The number of benzene rings is 1. The Bertz CT molecular complexity index is 1150. The molecule has 0 amide bonds. The summed E-state index contributed by atoms with van der Waals surface area (Å²) in [4.78, 5) is 13.6. The fourth-order valence-corrected chi connectivity index (χ4v) is 4.81. The van der Waals surface area contributed by atoms with Crippen molar-refractivity contribution in [3.05, 3.63) is 34.7 Å². The van der Waals surface area contributed by atoms with Gasteiger partial charge < -0.3 is 20.1 Å². The molecule has 11 heteroatoms. The molecule has 32 heavy (non-hydrogen) atoms. The standard InChI is InChI=1S/C21H25Cl2N7O2/c1-21(12-32-11-18(21)31)30-5-3-29(4-6-30)17-8-15-13(7-14(17)22)9-24-20(26-15)27-16-10-25-28(2)19(16)23/h7-10,18,31H,3-6,11-12H2,1-2H3,(H,24,26,27). The average molecular weight is 478 g/mol. The predicted molar refractivity (Wildman–Crippen MR) is 125 cm³/mol. The number of ether oxygens (including phenoxy) is 1. The van der Waals surface area contributed by atoms with Gasteiger partial charge >= 0.3 is 0 Å². The number of aryl methyl sites for hydroxylation is 1. The first-order valence-electron chi connectivity index (χ1n) is 10.5. The molecule has 2 aliphatic heterocycles. The largest absolute Gasteiger partial charge is 0.389 e. The summed E-state index contributed by atoms with van der Waals surface area (Å²) in [6.07, 6.45) is 2.91. The van der Waals surface area contributed by atoms with Gasteiger partial charge in [-0.15, -0.1) is 0 Å². The molecule has 2 aromatic heterocycles. The zero-order valence-corrected chi connectivity index (χ0v) is 19.4. The third-order valence-electron chi connectivity index (χ3n) is 6.49. The van der Waals surface area contributed by atoms with Crippen molar-refractivity contribution < 1.29 is 9.84 Å². The normalized spacial score (nSPS) is 24.4. The predicted octanol–water partition coefficient (Wildman–Crippen LogP) is 2.69. The van der Waals surface area contributed by atoms with E-state index in [0.717, 1.165) is 42.8 Å². The molecule has 2 atom stereocenters. The van der Waals surface area contributed by atoms with Crippen LogP contribution in [0.25, 0.3) is 10.9 Å². The number of aliphatic hydroxyl groups is 1. The van der Waals surface area contributed by atoms with Crippen LogP contribution in [0.4, 0.5) is 17.3 Å². The number of hydrogen-bond acceptors (Lipinski definition) is 8. The first-order valence-corrected chi connectivity index (χ1v) is 11.3. The lowest BCUT2D eigenvalue weighted by Crippen LogP contribution is -2.60. The summed E-state index contributed by atoms with van der Waals surface area (Å²) in [6.45, 7) is 6.27. The molecule has 0 radical (unpaired) electrons. The van der Waals surface area contributed by atoms with Crippen LogP contribution in [-0.2, 0) is 11.8 Å². The zero-order valence-electron chi connectivity index (χ0n) is 17.9. The van der Waals surface area contributed by atoms with E-state index in [2.05, 4.69) is 37.1 Å². The number of fused-ring (bicyclic) bond motifs is 1. The molecule has 2 saturated heterocycles. The van der Waals surface area contributed by atoms with Gasteiger partial charge in [-0.05, 0) is 19.1 Å². The summed E-state index contributed by atoms with van der Waals surface area (Å²) in [6, 6.07) is 3.90. The smallest absolute Gasteiger partial charge is 0.227 e. The Hall–Kier alpha value is -2.17. The van der Waals surface area contributed by atoms with Crippen LogP contribution in [0.5, 0.6) is 0 Å². The Kier molecular flexibility index (Phi) is 5.63. The van der Waals surface area contributed by atoms with Crippen LogP contribution in [0.15, 0.2) is 24.5 Å². The molecular formula is C21H25Cl2N7O2. The van der Waals surface area contributed by atoms with E-state index in [4.69, 9.17) is 27.9 Å². The van der Waals surface area contributed by atoms with E-state index in [1.165, 1.54) is 0 Å². The number of rotatable bonds is 4. The number of hydrogen-bond donors (Lipinski definition) is 2. The van der Waals surface area contributed by atoms with E-state index in [9.17, 15) is 5.11 Å². The highest BCUT2D eigenvalue weighted by Gasteiger charge is 2.44. The molecule has 2 unspecified atom stereocenters. The Morgan fingerprint density at radius 3 is 2.62 bits per heavy atom. The van der Waals surface area contributed by atoms with Gasteiger partial charge in [-0.25, -0.2) is 9.97 Å². The van der Waals surface area contributed by atoms with Crippen LogP contribution in [0.3, 0.4) is 0 Å². The van der Waals surface area contributed by atoms with E-state index in [1.54, 1.807) is 24.1 Å². The number of aromatic nitrogens is 4. The lowest BCUT2D eigenvalue weighted by Gasteiger charge is -2.45. The highest BCUT2D eigenvalue weighted by molar-refractivity contribution is 6.34. The lowest BCUT2D eigenvalue weighted by atomic mass is 9.95. The minimum Gasteiger partial charge on any atom is -0.389 e. The van der Waals surface area contributed by atoms with Gasteiger partial charge in [0.1, 0.15) is 5.15 Å². The molecular weight excluding hydrogens is 453 g/mol. The average Bonchev–Trinajstić information content (AvgIpc) is 3.30. The molecule has 0 spiro atoms. The number of piperazine rings is 1. The maximum Gasteiger partial charge on any atom is 0.227 e. The number of aliphatic hydroxyl groups excluding tert-OH is 1. The second-order valence-corrected chi connectivity index (χ2v) is 9.28. The van der Waals surface area contributed by atoms with E-state index in [-0.39, 0.29) is 5.54 Å². The molecule has 2 fully saturated rings. The monoisotopic (exact) mass is 477 g/mol. The zero-order chi connectivity index (χ0) is 22.5. The molecule has 0 saturated carbocycles. The van der Waals surface area contributed by atoms with Gasteiger partial charge in [0.15, 0.2) is 0 Å². The molecule has 2 aliphatic rings. The van der Waals surface area contributed by atoms with Crippen molar-refractivity contribution in [1.29, 1.82) is 0 Å². The number of nitrogens with one attached hydrogen (secondary N) is 1.